The third kappa shape index (κ3) is 13.4. The predicted molar refractivity (Wildman–Crippen MR) is 175 cm³/mol. The lowest BCUT2D eigenvalue weighted by molar-refractivity contribution is -0.140. The number of carbonyl (C=O) groups is 2. The highest BCUT2D eigenvalue weighted by Crippen LogP contribution is 2.26. The van der Waals surface area contributed by atoms with Crippen molar-refractivity contribution >= 4 is 12.1 Å². The first kappa shape index (κ1) is 34.5. The van der Waals surface area contributed by atoms with Crippen molar-refractivity contribution in [2.75, 3.05) is 26.3 Å². The van der Waals surface area contributed by atoms with Gasteiger partial charge < -0.3 is 19.1 Å². The molecule has 2 aromatic rings. The summed E-state index contributed by atoms with van der Waals surface area (Å²) in [4.78, 5) is 26.9. The van der Waals surface area contributed by atoms with Crippen molar-refractivity contribution in [3.05, 3.63) is 48.5 Å². The van der Waals surface area contributed by atoms with Crippen LogP contribution in [0.15, 0.2) is 48.5 Å². The minimum atomic E-state index is -0.265. The molecule has 43 heavy (non-hydrogen) atoms. The summed E-state index contributed by atoms with van der Waals surface area (Å²) < 4.78 is 17.1. The summed E-state index contributed by atoms with van der Waals surface area (Å²) in [6.45, 7) is 6.74. The molecule has 3 rings (SSSR count). The molecule has 1 aliphatic heterocycles. The summed E-state index contributed by atoms with van der Waals surface area (Å²) in [5, 5.41) is 0. The van der Waals surface area contributed by atoms with Crippen LogP contribution >= 0.6 is 0 Å². The van der Waals surface area contributed by atoms with Crippen molar-refractivity contribution in [1.29, 1.82) is 0 Å². The Bertz CT molecular complexity index is 1030. The Balaban J connectivity index is 1.31. The van der Waals surface area contributed by atoms with Gasteiger partial charge in [-0.1, -0.05) is 115 Å². The number of ether oxygens (including phenoxy) is 3. The first-order chi connectivity index (χ1) is 21.1. The van der Waals surface area contributed by atoms with E-state index in [9.17, 15) is 9.59 Å². The van der Waals surface area contributed by atoms with E-state index in [0.717, 1.165) is 42.7 Å². The van der Waals surface area contributed by atoms with Gasteiger partial charge in [-0.3, -0.25) is 4.79 Å². The van der Waals surface area contributed by atoms with Gasteiger partial charge in [-0.05, 0) is 61.1 Å². The number of likely N-dealkylation sites (tertiary alicyclic amines) is 1. The highest BCUT2D eigenvalue weighted by Gasteiger charge is 2.29. The van der Waals surface area contributed by atoms with E-state index < -0.39 is 0 Å². The fraction of sp³-hybridized carbons (Fsp3) is 0.622. The van der Waals surface area contributed by atoms with E-state index >= 15 is 0 Å². The number of nitrogens with zero attached hydrogens (tertiary/aromatic N) is 1. The average Bonchev–Trinajstić information content (AvgIpc) is 3.04. The zero-order chi connectivity index (χ0) is 30.5. The molecule has 0 aliphatic carbocycles. The number of amides is 1. The molecular formula is C37H55NO5. The van der Waals surface area contributed by atoms with E-state index in [2.05, 4.69) is 26.0 Å². The average molecular weight is 594 g/mol. The number of rotatable bonds is 20. The largest absolute Gasteiger partial charge is 0.494 e. The third-order valence-electron chi connectivity index (χ3n) is 8.34. The van der Waals surface area contributed by atoms with Gasteiger partial charge in [0, 0.05) is 13.1 Å². The van der Waals surface area contributed by atoms with Crippen LogP contribution < -0.4 is 9.47 Å². The molecule has 0 atom stereocenters. The smallest absolute Gasteiger partial charge is 0.409 e. The molecule has 238 valence electrons. The van der Waals surface area contributed by atoms with Gasteiger partial charge in [0.15, 0.2) is 0 Å². The topological polar surface area (TPSA) is 65.1 Å². The minimum Gasteiger partial charge on any atom is -0.494 e. The second-order valence-electron chi connectivity index (χ2n) is 11.9. The number of unbranched alkanes of at least 4 members (excludes halogenated alkanes) is 12. The van der Waals surface area contributed by atoms with Crippen LogP contribution in [0, 0.1) is 5.92 Å². The normalized spacial score (nSPS) is 13.6. The van der Waals surface area contributed by atoms with Crippen LogP contribution in [0.25, 0.3) is 11.1 Å². The molecule has 0 radical (unpaired) electrons. The van der Waals surface area contributed by atoms with Gasteiger partial charge in [0.2, 0.25) is 0 Å². The van der Waals surface area contributed by atoms with E-state index in [-0.39, 0.29) is 18.0 Å². The Morgan fingerprint density at radius 1 is 0.628 bits per heavy atom. The summed E-state index contributed by atoms with van der Waals surface area (Å²) in [5.74, 6) is 1.00. The molecule has 0 saturated carbocycles. The van der Waals surface area contributed by atoms with E-state index in [4.69, 9.17) is 14.2 Å². The van der Waals surface area contributed by atoms with Crippen LogP contribution in [0.5, 0.6) is 11.5 Å². The zero-order valence-electron chi connectivity index (χ0n) is 26.8. The molecule has 1 fully saturated rings. The van der Waals surface area contributed by atoms with Crippen LogP contribution in [0.3, 0.4) is 0 Å². The molecule has 0 spiro atoms. The van der Waals surface area contributed by atoms with Crippen molar-refractivity contribution in [3.63, 3.8) is 0 Å². The lowest BCUT2D eigenvalue weighted by atomic mass is 9.97. The van der Waals surface area contributed by atoms with Crippen molar-refractivity contribution in [1.82, 2.24) is 4.90 Å². The molecule has 0 unspecified atom stereocenters. The van der Waals surface area contributed by atoms with E-state index in [0.29, 0.717) is 38.3 Å². The van der Waals surface area contributed by atoms with Gasteiger partial charge in [0.25, 0.3) is 0 Å². The van der Waals surface area contributed by atoms with Crippen molar-refractivity contribution < 1.29 is 23.8 Å². The number of esters is 1. The molecule has 0 bridgehead atoms. The maximum absolute atomic E-state index is 12.8. The maximum atomic E-state index is 12.8. The first-order valence-corrected chi connectivity index (χ1v) is 17.1. The van der Waals surface area contributed by atoms with Crippen molar-refractivity contribution in [2.45, 2.75) is 117 Å². The summed E-state index contributed by atoms with van der Waals surface area (Å²) in [5.41, 5.74) is 2.15. The molecule has 6 nitrogen and oxygen atoms in total. The van der Waals surface area contributed by atoms with Gasteiger partial charge in [-0.15, -0.1) is 0 Å². The van der Waals surface area contributed by atoms with Crippen LogP contribution in [0.4, 0.5) is 4.79 Å². The Kier molecular flexibility index (Phi) is 16.7. The van der Waals surface area contributed by atoms with E-state index in [1.807, 2.05) is 36.4 Å². The van der Waals surface area contributed by atoms with Gasteiger partial charge in [-0.2, -0.15) is 0 Å². The second kappa shape index (κ2) is 20.8. The van der Waals surface area contributed by atoms with Crippen LogP contribution in [0.2, 0.25) is 0 Å². The lowest BCUT2D eigenvalue weighted by Gasteiger charge is -2.30. The lowest BCUT2D eigenvalue weighted by Crippen LogP contribution is -2.41. The first-order valence-electron chi connectivity index (χ1n) is 17.1. The standard InChI is InChI=1S/C37H55NO5/c1-3-5-7-9-11-12-14-15-29-41-34-21-17-31(18-22-34)32-19-23-35(24-20-32)43-36(39)33-25-27-38(28-26-33)37(40)42-30-16-13-10-8-6-4-2/h17-24,33H,3-16,25-30H2,1-2H3. The molecule has 1 aliphatic rings. The van der Waals surface area contributed by atoms with Crippen LogP contribution in [-0.2, 0) is 9.53 Å². The van der Waals surface area contributed by atoms with E-state index in [1.165, 1.54) is 70.6 Å². The summed E-state index contributed by atoms with van der Waals surface area (Å²) >= 11 is 0. The SMILES string of the molecule is CCCCCCCCCCOc1ccc(-c2ccc(OC(=O)C3CCN(C(=O)OCCCCCCCC)CC3)cc2)cc1. The third-order valence-corrected chi connectivity index (χ3v) is 8.34. The maximum Gasteiger partial charge on any atom is 0.409 e. The molecule has 1 saturated heterocycles. The minimum absolute atomic E-state index is 0.208. The highest BCUT2D eigenvalue weighted by molar-refractivity contribution is 5.76. The molecular weight excluding hydrogens is 538 g/mol. The molecule has 1 heterocycles. The number of piperidine rings is 1. The van der Waals surface area contributed by atoms with Gasteiger partial charge in [0.05, 0.1) is 19.1 Å². The second-order valence-corrected chi connectivity index (χ2v) is 11.9. The van der Waals surface area contributed by atoms with Gasteiger partial charge in [-0.25, -0.2) is 4.79 Å². The van der Waals surface area contributed by atoms with E-state index in [1.54, 1.807) is 4.90 Å². The van der Waals surface area contributed by atoms with Crippen molar-refractivity contribution in [3.8, 4) is 22.6 Å². The van der Waals surface area contributed by atoms with Crippen LogP contribution in [0.1, 0.15) is 117 Å². The van der Waals surface area contributed by atoms with Crippen LogP contribution in [-0.4, -0.2) is 43.3 Å². The number of benzene rings is 2. The van der Waals surface area contributed by atoms with Gasteiger partial charge >= 0.3 is 12.1 Å². The Labute approximate surface area is 260 Å². The molecule has 6 heteroatoms. The summed E-state index contributed by atoms with van der Waals surface area (Å²) in [6, 6.07) is 15.8. The molecule has 1 amide bonds. The summed E-state index contributed by atoms with van der Waals surface area (Å²) in [7, 11) is 0. The number of hydrogen-bond acceptors (Lipinski definition) is 5. The monoisotopic (exact) mass is 593 g/mol. The Morgan fingerprint density at radius 3 is 1.63 bits per heavy atom. The van der Waals surface area contributed by atoms with Crippen molar-refractivity contribution in [2.24, 2.45) is 5.92 Å². The highest BCUT2D eigenvalue weighted by atomic mass is 16.6. The molecule has 0 N–H and O–H groups in total. The Hall–Kier alpha value is -3.02. The fourth-order valence-corrected chi connectivity index (χ4v) is 5.52. The number of hydrogen-bond donors (Lipinski definition) is 0. The Morgan fingerprint density at radius 2 is 1.09 bits per heavy atom. The fourth-order valence-electron chi connectivity index (χ4n) is 5.52. The number of carbonyl (C=O) groups excluding carboxylic acids is 2. The van der Waals surface area contributed by atoms with Gasteiger partial charge in [0.1, 0.15) is 11.5 Å². The summed E-state index contributed by atoms with van der Waals surface area (Å²) in [6.07, 6.45) is 18.2. The predicted octanol–water partition coefficient (Wildman–Crippen LogP) is 9.99. The zero-order valence-corrected chi connectivity index (χ0v) is 26.8. The molecule has 2 aromatic carbocycles. The quantitative estimate of drug-likeness (QED) is 0.0868. The molecule has 0 aromatic heterocycles.